The van der Waals surface area contributed by atoms with Crippen LogP contribution in [0.1, 0.15) is 52.0 Å². The van der Waals surface area contributed by atoms with Crippen molar-refractivity contribution in [1.82, 2.24) is 5.32 Å². The minimum atomic E-state index is -0.957. The molecule has 0 saturated heterocycles. The quantitative estimate of drug-likeness (QED) is 0.553. The highest BCUT2D eigenvalue weighted by Crippen LogP contribution is 2.24. The zero-order chi connectivity index (χ0) is 19.9. The van der Waals surface area contributed by atoms with Gasteiger partial charge < -0.3 is 19.5 Å². The number of hydrogen-bond acceptors (Lipinski definition) is 6. The van der Waals surface area contributed by atoms with E-state index in [-0.39, 0.29) is 25.6 Å². The fourth-order valence-corrected chi connectivity index (χ4v) is 2.24. The zero-order valence-corrected chi connectivity index (χ0v) is 16.0. The number of carbonyl (C=O) groups is 3. The molecule has 1 N–H and O–H groups in total. The average Bonchev–Trinajstić information content (AvgIpc) is 3.40. The Balaban J connectivity index is 1.85. The van der Waals surface area contributed by atoms with Gasteiger partial charge in [0.25, 0.3) is 0 Å². The highest BCUT2D eigenvalue weighted by atomic mass is 16.6. The number of alkyl carbamates (subject to hydrolysis) is 1. The molecule has 0 spiro atoms. The fraction of sp³-hybridized carbons (Fsp3) is 0.550. The lowest BCUT2D eigenvalue weighted by atomic mass is 10.1. The van der Waals surface area contributed by atoms with E-state index in [9.17, 15) is 14.4 Å². The molecule has 0 bridgehead atoms. The first-order valence-electron chi connectivity index (χ1n) is 9.12. The van der Waals surface area contributed by atoms with E-state index in [0.29, 0.717) is 0 Å². The average molecular weight is 377 g/mol. The fourth-order valence-electron chi connectivity index (χ4n) is 2.24. The molecule has 148 valence electrons. The van der Waals surface area contributed by atoms with E-state index in [1.165, 1.54) is 0 Å². The monoisotopic (exact) mass is 377 g/mol. The number of esters is 2. The number of carbonyl (C=O) groups excluding carboxylic acids is 3. The molecule has 2 rings (SSSR count). The molecule has 1 aromatic carbocycles. The summed E-state index contributed by atoms with van der Waals surface area (Å²) < 4.78 is 15.6. The van der Waals surface area contributed by atoms with Gasteiger partial charge in [0, 0.05) is 6.42 Å². The van der Waals surface area contributed by atoms with Crippen LogP contribution >= 0.6 is 0 Å². The summed E-state index contributed by atoms with van der Waals surface area (Å²) in [7, 11) is 0. The van der Waals surface area contributed by atoms with Crippen LogP contribution in [0.4, 0.5) is 4.79 Å². The van der Waals surface area contributed by atoms with Crippen LogP contribution < -0.4 is 5.32 Å². The van der Waals surface area contributed by atoms with Crippen LogP contribution in [0.5, 0.6) is 0 Å². The minimum absolute atomic E-state index is 0.0132. The molecule has 0 heterocycles. The third-order valence-electron chi connectivity index (χ3n) is 3.65. The lowest BCUT2D eigenvalue weighted by Gasteiger charge is -2.21. The summed E-state index contributed by atoms with van der Waals surface area (Å²) in [6.45, 7) is 5.39. The molecule has 1 amide bonds. The Kier molecular flexibility index (Phi) is 7.21. The van der Waals surface area contributed by atoms with Crippen molar-refractivity contribution in [2.75, 3.05) is 0 Å². The maximum Gasteiger partial charge on any atom is 0.408 e. The van der Waals surface area contributed by atoms with Crippen LogP contribution in [0.2, 0.25) is 0 Å². The largest absolute Gasteiger partial charge is 0.461 e. The molecule has 0 aliphatic heterocycles. The van der Waals surface area contributed by atoms with Gasteiger partial charge in [-0.05, 0) is 45.6 Å². The Bertz CT molecular complexity index is 648. The second-order valence-electron chi connectivity index (χ2n) is 7.52. The Labute approximate surface area is 159 Å². The van der Waals surface area contributed by atoms with Crippen molar-refractivity contribution in [2.45, 2.75) is 70.8 Å². The number of benzene rings is 1. The van der Waals surface area contributed by atoms with Crippen LogP contribution in [-0.2, 0) is 30.4 Å². The summed E-state index contributed by atoms with van der Waals surface area (Å²) in [5.74, 6) is -0.996. The van der Waals surface area contributed by atoms with Crippen LogP contribution in [0, 0.1) is 0 Å². The highest BCUT2D eigenvalue weighted by molar-refractivity contribution is 5.82. The lowest BCUT2D eigenvalue weighted by Crippen LogP contribution is -2.42. The molecule has 1 aliphatic rings. The van der Waals surface area contributed by atoms with Crippen molar-refractivity contribution in [3.05, 3.63) is 35.9 Å². The topological polar surface area (TPSA) is 90.9 Å². The molecule has 7 heteroatoms. The minimum Gasteiger partial charge on any atom is -0.461 e. The molecule has 1 fully saturated rings. The van der Waals surface area contributed by atoms with Gasteiger partial charge in [-0.3, -0.25) is 4.79 Å². The molecule has 0 unspecified atom stereocenters. The van der Waals surface area contributed by atoms with Crippen molar-refractivity contribution < 1.29 is 28.6 Å². The van der Waals surface area contributed by atoms with Gasteiger partial charge in [0.1, 0.15) is 24.4 Å². The molecular weight excluding hydrogens is 350 g/mol. The van der Waals surface area contributed by atoms with E-state index in [0.717, 1.165) is 18.4 Å². The van der Waals surface area contributed by atoms with Gasteiger partial charge >= 0.3 is 18.0 Å². The summed E-state index contributed by atoms with van der Waals surface area (Å²) in [5, 5.41) is 2.49. The Morgan fingerprint density at radius 2 is 1.81 bits per heavy atom. The summed E-state index contributed by atoms with van der Waals surface area (Å²) >= 11 is 0. The third kappa shape index (κ3) is 8.57. The van der Waals surface area contributed by atoms with Gasteiger partial charge in [-0.15, -0.1) is 0 Å². The van der Waals surface area contributed by atoms with Gasteiger partial charge in [0.2, 0.25) is 0 Å². The van der Waals surface area contributed by atoms with Gasteiger partial charge in [0.15, 0.2) is 0 Å². The van der Waals surface area contributed by atoms with Crippen LogP contribution in [-0.4, -0.2) is 35.8 Å². The third-order valence-corrected chi connectivity index (χ3v) is 3.65. The predicted octanol–water partition coefficient (Wildman–Crippen LogP) is 3.11. The van der Waals surface area contributed by atoms with Crippen molar-refractivity contribution in [3.63, 3.8) is 0 Å². The van der Waals surface area contributed by atoms with Crippen molar-refractivity contribution in [3.8, 4) is 0 Å². The van der Waals surface area contributed by atoms with Gasteiger partial charge in [-0.25, -0.2) is 9.59 Å². The first-order chi connectivity index (χ1) is 12.7. The SMILES string of the molecule is CC(C)(C)OC(=O)CC[C@@H](NC(=O)OCc1ccccc1)C(=O)OC1CC1. The van der Waals surface area contributed by atoms with E-state index in [2.05, 4.69) is 5.32 Å². The number of rotatable bonds is 8. The Morgan fingerprint density at radius 1 is 1.15 bits per heavy atom. The first-order valence-corrected chi connectivity index (χ1v) is 9.12. The Morgan fingerprint density at radius 3 is 2.41 bits per heavy atom. The van der Waals surface area contributed by atoms with Crippen molar-refractivity contribution in [1.29, 1.82) is 0 Å². The number of nitrogens with one attached hydrogen (secondary N) is 1. The summed E-state index contributed by atoms with van der Waals surface area (Å²) in [6, 6.07) is 8.25. The van der Waals surface area contributed by atoms with Gasteiger partial charge in [0.05, 0.1) is 0 Å². The van der Waals surface area contributed by atoms with Crippen molar-refractivity contribution >= 4 is 18.0 Å². The molecule has 0 aromatic heterocycles. The predicted molar refractivity (Wildman–Crippen MR) is 97.7 cm³/mol. The lowest BCUT2D eigenvalue weighted by molar-refractivity contribution is -0.155. The summed E-state index contributed by atoms with van der Waals surface area (Å²) in [6.07, 6.45) is 0.887. The smallest absolute Gasteiger partial charge is 0.408 e. The van der Waals surface area contributed by atoms with Crippen molar-refractivity contribution in [2.24, 2.45) is 0 Å². The molecule has 0 radical (unpaired) electrons. The van der Waals surface area contributed by atoms with E-state index < -0.39 is 29.7 Å². The van der Waals surface area contributed by atoms with Crippen LogP contribution in [0.3, 0.4) is 0 Å². The molecular formula is C20H27NO6. The maximum atomic E-state index is 12.3. The van der Waals surface area contributed by atoms with E-state index in [4.69, 9.17) is 14.2 Å². The van der Waals surface area contributed by atoms with E-state index in [1.807, 2.05) is 30.3 Å². The Hall–Kier alpha value is -2.57. The second kappa shape index (κ2) is 9.39. The van der Waals surface area contributed by atoms with E-state index >= 15 is 0 Å². The normalized spacial score (nSPS) is 14.8. The van der Waals surface area contributed by atoms with Gasteiger partial charge in [-0.1, -0.05) is 30.3 Å². The number of ether oxygens (including phenoxy) is 3. The summed E-state index contributed by atoms with van der Waals surface area (Å²) in [5.41, 5.74) is 0.224. The highest BCUT2D eigenvalue weighted by Gasteiger charge is 2.31. The maximum absolute atomic E-state index is 12.3. The molecule has 1 atom stereocenters. The van der Waals surface area contributed by atoms with E-state index in [1.54, 1.807) is 20.8 Å². The van der Waals surface area contributed by atoms with Crippen LogP contribution in [0.15, 0.2) is 30.3 Å². The number of hydrogen-bond donors (Lipinski definition) is 1. The second-order valence-corrected chi connectivity index (χ2v) is 7.52. The van der Waals surface area contributed by atoms with Gasteiger partial charge in [-0.2, -0.15) is 0 Å². The standard InChI is InChI=1S/C20H27NO6/c1-20(2,3)27-17(22)12-11-16(18(23)26-15-9-10-15)21-19(24)25-13-14-7-5-4-6-8-14/h4-8,15-16H,9-13H2,1-3H3,(H,21,24)/t16-/m1/s1. The molecule has 1 aliphatic carbocycles. The molecule has 7 nitrogen and oxygen atoms in total. The molecule has 1 aromatic rings. The van der Waals surface area contributed by atoms with Crippen LogP contribution in [0.25, 0.3) is 0 Å². The molecule has 1 saturated carbocycles. The summed E-state index contributed by atoms with van der Waals surface area (Å²) in [4.78, 5) is 36.2. The molecule has 27 heavy (non-hydrogen) atoms. The first kappa shape index (κ1) is 20.7. The zero-order valence-electron chi connectivity index (χ0n) is 16.0. The number of amides is 1.